The second kappa shape index (κ2) is 10.9. The minimum Gasteiger partial charge on any atom is -0.481 e. The monoisotopic (exact) mass is 478 g/mol. The molecule has 0 bridgehead atoms. The molecule has 2 unspecified atom stereocenters. The van der Waals surface area contributed by atoms with Gasteiger partial charge in [-0.2, -0.15) is 0 Å². The second-order valence-corrected chi connectivity index (χ2v) is 9.85. The number of carbonyl (C=O) groups excluding carboxylic acids is 2. The number of carboxylic acid groups (broad SMARTS) is 1. The summed E-state index contributed by atoms with van der Waals surface area (Å²) >= 11 is 0. The predicted octanol–water partition coefficient (Wildman–Crippen LogP) is 4.56. The second-order valence-electron chi connectivity index (χ2n) is 9.85. The highest BCUT2D eigenvalue weighted by atomic mass is 16.5. The molecule has 35 heavy (non-hydrogen) atoms. The largest absolute Gasteiger partial charge is 0.481 e. The molecule has 7 heteroatoms. The van der Waals surface area contributed by atoms with Gasteiger partial charge in [0.1, 0.15) is 6.61 Å². The van der Waals surface area contributed by atoms with E-state index in [2.05, 4.69) is 34.9 Å². The molecule has 0 radical (unpaired) electrons. The van der Waals surface area contributed by atoms with Crippen molar-refractivity contribution in [3.63, 3.8) is 0 Å². The van der Waals surface area contributed by atoms with Crippen molar-refractivity contribution in [3.8, 4) is 11.1 Å². The number of hydrogen-bond donors (Lipinski definition) is 3. The lowest BCUT2D eigenvalue weighted by atomic mass is 9.82. The molecule has 0 aliphatic heterocycles. The summed E-state index contributed by atoms with van der Waals surface area (Å²) in [5.41, 5.74) is 4.65. The van der Waals surface area contributed by atoms with Crippen LogP contribution in [0.2, 0.25) is 0 Å². The molecule has 2 aliphatic carbocycles. The molecule has 4 rings (SSSR count). The molecule has 186 valence electrons. The fourth-order valence-electron chi connectivity index (χ4n) is 5.20. The number of carbonyl (C=O) groups is 3. The van der Waals surface area contributed by atoms with Crippen LogP contribution in [0.25, 0.3) is 11.1 Å². The Morgan fingerprint density at radius 2 is 1.51 bits per heavy atom. The lowest BCUT2D eigenvalue weighted by Gasteiger charge is -2.27. The maximum Gasteiger partial charge on any atom is 0.407 e. The Balaban J connectivity index is 1.23. The van der Waals surface area contributed by atoms with Gasteiger partial charge < -0.3 is 20.5 Å². The van der Waals surface area contributed by atoms with Gasteiger partial charge in [-0.1, -0.05) is 55.5 Å². The van der Waals surface area contributed by atoms with Crippen LogP contribution in [0.3, 0.4) is 0 Å². The minimum absolute atomic E-state index is 0.0135. The van der Waals surface area contributed by atoms with Crippen LogP contribution in [-0.2, 0) is 14.3 Å². The molecule has 2 aromatic carbocycles. The van der Waals surface area contributed by atoms with Crippen LogP contribution in [0, 0.1) is 17.8 Å². The fraction of sp³-hybridized carbons (Fsp3) is 0.464. The minimum atomic E-state index is -0.728. The van der Waals surface area contributed by atoms with Crippen molar-refractivity contribution in [1.29, 1.82) is 0 Å². The molecule has 7 nitrogen and oxygen atoms in total. The van der Waals surface area contributed by atoms with Crippen LogP contribution < -0.4 is 10.6 Å². The smallest absolute Gasteiger partial charge is 0.407 e. The van der Waals surface area contributed by atoms with Crippen LogP contribution in [0.4, 0.5) is 4.79 Å². The summed E-state index contributed by atoms with van der Waals surface area (Å²) in [4.78, 5) is 36.3. The molecule has 2 aromatic rings. The Kier molecular flexibility index (Phi) is 7.73. The zero-order chi connectivity index (χ0) is 24.9. The average molecular weight is 479 g/mol. The van der Waals surface area contributed by atoms with E-state index in [1.165, 1.54) is 11.1 Å². The Morgan fingerprint density at radius 1 is 0.943 bits per heavy atom. The highest BCUT2D eigenvalue weighted by Crippen LogP contribution is 2.44. The normalized spacial score (nSPS) is 20.7. The maximum absolute atomic E-state index is 12.6. The van der Waals surface area contributed by atoms with Crippen molar-refractivity contribution >= 4 is 18.0 Å². The third kappa shape index (κ3) is 5.66. The number of amides is 2. The summed E-state index contributed by atoms with van der Waals surface area (Å²) < 4.78 is 5.60. The molecule has 0 aromatic heterocycles. The van der Waals surface area contributed by atoms with Crippen molar-refractivity contribution in [2.24, 2.45) is 17.8 Å². The number of carboxylic acids is 1. The first-order chi connectivity index (χ1) is 16.8. The first-order valence-electron chi connectivity index (χ1n) is 12.5. The number of nitrogens with one attached hydrogen (secondary N) is 2. The average Bonchev–Trinajstić information content (AvgIpc) is 3.19. The number of benzene rings is 2. The number of aliphatic carboxylic acids is 1. The number of alkyl carbamates (subject to hydrolysis) is 1. The summed E-state index contributed by atoms with van der Waals surface area (Å²) in [5, 5.41) is 14.9. The number of rotatable bonds is 8. The number of hydrogen-bond acceptors (Lipinski definition) is 4. The van der Waals surface area contributed by atoms with Gasteiger partial charge in [-0.3, -0.25) is 9.59 Å². The topological polar surface area (TPSA) is 105 Å². The van der Waals surface area contributed by atoms with E-state index in [1.807, 2.05) is 24.3 Å². The first-order valence-corrected chi connectivity index (χ1v) is 12.5. The van der Waals surface area contributed by atoms with E-state index in [0.29, 0.717) is 25.3 Å². The van der Waals surface area contributed by atoms with Crippen LogP contribution in [0.5, 0.6) is 0 Å². The van der Waals surface area contributed by atoms with Crippen LogP contribution in [0.15, 0.2) is 48.5 Å². The SMILES string of the molecule is CC(NC(=O)OCC1c2ccccc2-c2ccccc21)C(C)C(=O)NCC1CCC(C(=O)O)CC1. The number of fused-ring (bicyclic) bond motifs is 3. The van der Waals surface area contributed by atoms with Gasteiger partial charge in [-0.05, 0) is 60.8 Å². The van der Waals surface area contributed by atoms with Crippen molar-refractivity contribution in [2.45, 2.75) is 51.5 Å². The van der Waals surface area contributed by atoms with Gasteiger partial charge in [-0.25, -0.2) is 4.79 Å². The zero-order valence-corrected chi connectivity index (χ0v) is 20.3. The highest BCUT2D eigenvalue weighted by molar-refractivity contribution is 5.80. The predicted molar refractivity (Wildman–Crippen MR) is 133 cm³/mol. The first kappa shape index (κ1) is 24.8. The molecule has 2 atom stereocenters. The molecule has 1 saturated carbocycles. The van der Waals surface area contributed by atoms with Gasteiger partial charge in [0, 0.05) is 18.5 Å². The summed E-state index contributed by atoms with van der Waals surface area (Å²) in [6.07, 6.45) is 2.39. The highest BCUT2D eigenvalue weighted by Gasteiger charge is 2.30. The van der Waals surface area contributed by atoms with Crippen LogP contribution in [0.1, 0.15) is 56.6 Å². The molecule has 2 aliphatic rings. The molecule has 3 N–H and O–H groups in total. The molecular weight excluding hydrogens is 444 g/mol. The maximum atomic E-state index is 12.6. The van der Waals surface area contributed by atoms with Gasteiger partial charge >= 0.3 is 12.1 Å². The van der Waals surface area contributed by atoms with E-state index < -0.39 is 24.0 Å². The van der Waals surface area contributed by atoms with Crippen molar-refractivity contribution < 1.29 is 24.2 Å². The lowest BCUT2D eigenvalue weighted by Crippen LogP contribution is -2.45. The van der Waals surface area contributed by atoms with Gasteiger partial charge in [0.15, 0.2) is 0 Å². The van der Waals surface area contributed by atoms with Gasteiger partial charge in [0.05, 0.1) is 11.8 Å². The molecule has 0 heterocycles. The van der Waals surface area contributed by atoms with Gasteiger partial charge in [-0.15, -0.1) is 0 Å². The molecule has 0 saturated heterocycles. The van der Waals surface area contributed by atoms with Crippen LogP contribution >= 0.6 is 0 Å². The van der Waals surface area contributed by atoms with E-state index in [1.54, 1.807) is 13.8 Å². The van der Waals surface area contributed by atoms with Gasteiger partial charge in [0.2, 0.25) is 5.91 Å². The Labute approximate surface area is 206 Å². The lowest BCUT2D eigenvalue weighted by molar-refractivity contribution is -0.143. The number of ether oxygens (including phenoxy) is 1. The molecule has 1 fully saturated rings. The summed E-state index contributed by atoms with van der Waals surface area (Å²) in [6.45, 7) is 4.34. The third-order valence-corrected chi connectivity index (χ3v) is 7.61. The summed E-state index contributed by atoms with van der Waals surface area (Å²) in [7, 11) is 0. The van der Waals surface area contributed by atoms with E-state index in [0.717, 1.165) is 24.0 Å². The summed E-state index contributed by atoms with van der Waals surface area (Å²) in [5.74, 6) is -1.26. The van der Waals surface area contributed by atoms with Crippen molar-refractivity contribution in [2.75, 3.05) is 13.2 Å². The zero-order valence-electron chi connectivity index (χ0n) is 20.3. The summed E-state index contributed by atoms with van der Waals surface area (Å²) in [6, 6.07) is 16.0. The van der Waals surface area contributed by atoms with E-state index in [-0.39, 0.29) is 24.3 Å². The van der Waals surface area contributed by atoms with E-state index in [4.69, 9.17) is 9.84 Å². The van der Waals surface area contributed by atoms with Crippen LogP contribution in [-0.4, -0.2) is 42.3 Å². The quantitative estimate of drug-likeness (QED) is 0.516. The molecule has 0 spiro atoms. The molecule has 2 amide bonds. The van der Waals surface area contributed by atoms with E-state index >= 15 is 0 Å². The van der Waals surface area contributed by atoms with Crippen molar-refractivity contribution in [1.82, 2.24) is 10.6 Å². The Bertz CT molecular complexity index is 1030. The third-order valence-electron chi connectivity index (χ3n) is 7.61. The van der Waals surface area contributed by atoms with E-state index in [9.17, 15) is 14.4 Å². The van der Waals surface area contributed by atoms with Crippen molar-refractivity contribution in [3.05, 3.63) is 59.7 Å². The standard InChI is InChI=1S/C28H34N2O5/c1-17(26(31)29-15-19-11-13-20(14-12-19)27(32)33)18(2)30-28(34)35-16-25-23-9-5-3-7-21(23)22-8-4-6-10-24(22)25/h3-10,17-20,25H,11-16H2,1-2H3,(H,29,31)(H,30,34)(H,32,33). The fourth-order valence-corrected chi connectivity index (χ4v) is 5.20. The van der Waals surface area contributed by atoms with Gasteiger partial charge in [0.25, 0.3) is 0 Å². The Hall–Kier alpha value is -3.35. The molecular formula is C28H34N2O5. The Morgan fingerprint density at radius 3 is 2.09 bits per heavy atom.